The van der Waals surface area contributed by atoms with Gasteiger partial charge in [-0.2, -0.15) is 0 Å². The highest BCUT2D eigenvalue weighted by Gasteiger charge is 2.21. The number of carbonyl (C=O) groups excluding carboxylic acids is 1. The highest BCUT2D eigenvalue weighted by atomic mass is 32.2. The van der Waals surface area contributed by atoms with Gasteiger partial charge < -0.3 is 5.32 Å². The van der Waals surface area contributed by atoms with Gasteiger partial charge in [-0.15, -0.1) is 0 Å². The summed E-state index contributed by atoms with van der Waals surface area (Å²) in [5.74, 6) is -0.182. The topological polar surface area (TPSA) is 63.2 Å². The van der Waals surface area contributed by atoms with Crippen LogP contribution in [0, 0.1) is 0 Å². The van der Waals surface area contributed by atoms with Gasteiger partial charge in [0.1, 0.15) is 0 Å². The van der Waals surface area contributed by atoms with E-state index in [1.807, 2.05) is 43.3 Å². The smallest absolute Gasteiger partial charge is 0.252 e. The molecule has 5 heteroatoms. The Morgan fingerprint density at radius 2 is 1.37 bits per heavy atom. The van der Waals surface area contributed by atoms with Crippen molar-refractivity contribution in [1.82, 2.24) is 5.32 Å². The van der Waals surface area contributed by atoms with Crippen molar-refractivity contribution in [2.75, 3.05) is 12.3 Å². The van der Waals surface area contributed by atoms with Gasteiger partial charge in [0.05, 0.1) is 16.2 Å². The van der Waals surface area contributed by atoms with Crippen LogP contribution in [0.5, 0.6) is 0 Å². The molecule has 1 N–H and O–H groups in total. The number of carbonyl (C=O) groups is 1. The van der Waals surface area contributed by atoms with E-state index in [9.17, 15) is 13.2 Å². The van der Waals surface area contributed by atoms with Gasteiger partial charge >= 0.3 is 0 Å². The molecule has 0 heterocycles. The maximum atomic E-state index is 12.8. The fourth-order valence-electron chi connectivity index (χ4n) is 3.63. The molecule has 0 bridgehead atoms. The zero-order valence-corrected chi connectivity index (χ0v) is 17.9. The first kappa shape index (κ1) is 21.8. The number of nitrogens with one attached hydrogen (secondary N) is 1. The molecule has 0 saturated heterocycles. The molecule has 3 rings (SSSR count). The predicted molar refractivity (Wildman–Crippen MR) is 120 cm³/mol. The Hall–Kier alpha value is -2.92. The maximum absolute atomic E-state index is 12.8. The number of benzene rings is 3. The Bertz CT molecular complexity index is 1020. The quantitative estimate of drug-likeness (QED) is 0.539. The lowest BCUT2D eigenvalue weighted by Gasteiger charge is -2.19. The van der Waals surface area contributed by atoms with Gasteiger partial charge in [0, 0.05) is 12.5 Å². The molecule has 0 radical (unpaired) electrons. The van der Waals surface area contributed by atoms with Crippen LogP contribution in [0.25, 0.3) is 0 Å². The van der Waals surface area contributed by atoms with Crippen molar-refractivity contribution in [1.29, 1.82) is 0 Å². The van der Waals surface area contributed by atoms with Gasteiger partial charge in [0.15, 0.2) is 9.84 Å². The standard InChI is InChI=1S/C25H27NO3S/c1-2-19-30(28,29)24-16-10-9-15-23(24)25(27)26-18-17-22(20-11-5-3-6-12-20)21-13-7-4-8-14-21/h3-16,22H,2,17-19H2,1H3,(H,26,27). The van der Waals surface area contributed by atoms with Crippen LogP contribution in [0.4, 0.5) is 0 Å². The third-order valence-electron chi connectivity index (χ3n) is 5.06. The van der Waals surface area contributed by atoms with Gasteiger partial charge in [-0.05, 0) is 36.1 Å². The van der Waals surface area contributed by atoms with Crippen molar-refractivity contribution in [3.63, 3.8) is 0 Å². The number of amides is 1. The second-order valence-corrected chi connectivity index (χ2v) is 9.31. The van der Waals surface area contributed by atoms with Crippen LogP contribution in [0.3, 0.4) is 0 Å². The third kappa shape index (κ3) is 5.36. The molecule has 0 atom stereocenters. The first-order valence-electron chi connectivity index (χ1n) is 10.2. The molecule has 4 nitrogen and oxygen atoms in total. The summed E-state index contributed by atoms with van der Waals surface area (Å²) < 4.78 is 25.1. The zero-order valence-electron chi connectivity index (χ0n) is 17.1. The number of hydrogen-bond acceptors (Lipinski definition) is 3. The average Bonchev–Trinajstić information content (AvgIpc) is 2.78. The van der Waals surface area contributed by atoms with Crippen molar-refractivity contribution in [3.05, 3.63) is 102 Å². The molecule has 156 valence electrons. The summed E-state index contributed by atoms with van der Waals surface area (Å²) in [5, 5.41) is 2.92. The second kappa shape index (κ2) is 10.2. The van der Waals surface area contributed by atoms with Crippen LogP contribution in [0.1, 0.15) is 47.2 Å². The van der Waals surface area contributed by atoms with Crippen molar-refractivity contribution in [3.8, 4) is 0 Å². The lowest BCUT2D eigenvalue weighted by molar-refractivity contribution is 0.0949. The lowest BCUT2D eigenvalue weighted by Crippen LogP contribution is -2.27. The van der Waals surface area contributed by atoms with E-state index in [0.29, 0.717) is 19.4 Å². The molecule has 1 amide bonds. The van der Waals surface area contributed by atoms with Crippen LogP contribution in [-0.4, -0.2) is 26.6 Å². The summed E-state index contributed by atoms with van der Waals surface area (Å²) in [5.41, 5.74) is 2.58. The summed E-state index contributed by atoms with van der Waals surface area (Å²) in [6.45, 7) is 2.25. The summed E-state index contributed by atoms with van der Waals surface area (Å²) in [6, 6.07) is 26.8. The molecule has 0 aromatic heterocycles. The minimum absolute atomic E-state index is 0.0291. The lowest BCUT2D eigenvalue weighted by atomic mass is 9.88. The van der Waals surface area contributed by atoms with E-state index in [0.717, 1.165) is 0 Å². The van der Waals surface area contributed by atoms with Gasteiger partial charge in [-0.3, -0.25) is 4.79 Å². The van der Waals surface area contributed by atoms with Crippen LogP contribution in [0.2, 0.25) is 0 Å². The Kier molecular flexibility index (Phi) is 7.41. The number of hydrogen-bond donors (Lipinski definition) is 1. The molecule has 0 aliphatic carbocycles. The molecule has 0 spiro atoms. The summed E-state index contributed by atoms with van der Waals surface area (Å²) in [6.07, 6.45) is 1.22. The molecule has 0 saturated carbocycles. The second-order valence-electron chi connectivity index (χ2n) is 7.23. The molecule has 3 aromatic rings. The third-order valence-corrected chi connectivity index (χ3v) is 7.03. The Labute approximate surface area is 178 Å². The van der Waals surface area contributed by atoms with Crippen molar-refractivity contribution >= 4 is 15.7 Å². The molecule has 0 aliphatic rings. The molecular weight excluding hydrogens is 394 g/mol. The molecule has 0 unspecified atom stereocenters. The first-order valence-corrected chi connectivity index (χ1v) is 11.9. The largest absolute Gasteiger partial charge is 0.352 e. The minimum atomic E-state index is -3.47. The van der Waals surface area contributed by atoms with E-state index in [-0.39, 0.29) is 28.0 Å². The Balaban J connectivity index is 1.75. The molecule has 3 aromatic carbocycles. The van der Waals surface area contributed by atoms with Gasteiger partial charge in [-0.1, -0.05) is 79.7 Å². The minimum Gasteiger partial charge on any atom is -0.352 e. The van der Waals surface area contributed by atoms with E-state index in [1.165, 1.54) is 17.2 Å². The monoisotopic (exact) mass is 421 g/mol. The fraction of sp³-hybridized carbons (Fsp3) is 0.240. The maximum Gasteiger partial charge on any atom is 0.252 e. The highest BCUT2D eigenvalue weighted by Crippen LogP contribution is 2.27. The van der Waals surface area contributed by atoms with E-state index in [2.05, 4.69) is 29.6 Å². The SMILES string of the molecule is CCCS(=O)(=O)c1ccccc1C(=O)NCCC(c1ccccc1)c1ccccc1. The normalized spacial score (nSPS) is 11.4. The molecular formula is C25H27NO3S. The Morgan fingerprint density at radius 1 is 0.833 bits per heavy atom. The highest BCUT2D eigenvalue weighted by molar-refractivity contribution is 7.91. The molecule has 0 fully saturated rings. The van der Waals surface area contributed by atoms with E-state index < -0.39 is 9.84 Å². The number of rotatable bonds is 9. The van der Waals surface area contributed by atoms with Crippen LogP contribution in [0.15, 0.2) is 89.8 Å². The van der Waals surface area contributed by atoms with Gasteiger partial charge in [0.2, 0.25) is 0 Å². The summed E-state index contributed by atoms with van der Waals surface area (Å²) in [7, 11) is -3.47. The van der Waals surface area contributed by atoms with Gasteiger partial charge in [0.25, 0.3) is 5.91 Å². The molecule has 0 aliphatic heterocycles. The van der Waals surface area contributed by atoms with Crippen molar-refractivity contribution < 1.29 is 13.2 Å². The van der Waals surface area contributed by atoms with Crippen molar-refractivity contribution in [2.24, 2.45) is 0 Å². The Morgan fingerprint density at radius 3 is 1.93 bits per heavy atom. The fourth-order valence-corrected chi connectivity index (χ4v) is 5.16. The van der Waals surface area contributed by atoms with E-state index >= 15 is 0 Å². The summed E-state index contributed by atoms with van der Waals surface area (Å²) in [4.78, 5) is 12.9. The first-order chi connectivity index (χ1) is 14.5. The zero-order chi connectivity index (χ0) is 21.4. The van der Waals surface area contributed by atoms with Crippen LogP contribution in [-0.2, 0) is 9.84 Å². The van der Waals surface area contributed by atoms with Crippen LogP contribution >= 0.6 is 0 Å². The van der Waals surface area contributed by atoms with E-state index in [1.54, 1.807) is 18.2 Å². The van der Waals surface area contributed by atoms with Crippen LogP contribution < -0.4 is 5.32 Å². The predicted octanol–water partition coefficient (Wildman–Crippen LogP) is 4.82. The number of sulfone groups is 1. The van der Waals surface area contributed by atoms with E-state index in [4.69, 9.17) is 0 Å². The average molecular weight is 422 g/mol. The van der Waals surface area contributed by atoms with Gasteiger partial charge in [-0.25, -0.2) is 8.42 Å². The molecule has 30 heavy (non-hydrogen) atoms. The van der Waals surface area contributed by atoms with Crippen molar-refractivity contribution in [2.45, 2.75) is 30.6 Å². The summed E-state index contributed by atoms with van der Waals surface area (Å²) >= 11 is 0.